The molecule has 1 aromatic carbocycles. The SMILES string of the molecule is C=CCN1CCN([C@@H](c2ccc(OC)c(OC)c2)c2nnnn2C2CCCC2)CC1. The number of tetrazole rings is 1. The maximum Gasteiger partial charge on any atom is 0.173 e. The van der Waals surface area contributed by atoms with Gasteiger partial charge in [0.2, 0.25) is 0 Å². The molecule has 4 rings (SSSR count). The van der Waals surface area contributed by atoms with Gasteiger partial charge in [0.25, 0.3) is 0 Å². The Bertz CT molecular complexity index is 840. The van der Waals surface area contributed by atoms with E-state index in [1.54, 1.807) is 14.2 Å². The topological polar surface area (TPSA) is 68.5 Å². The van der Waals surface area contributed by atoms with Gasteiger partial charge in [0.15, 0.2) is 17.3 Å². The highest BCUT2D eigenvalue weighted by Crippen LogP contribution is 2.37. The lowest BCUT2D eigenvalue weighted by Crippen LogP contribution is -2.48. The number of piperazine rings is 1. The first-order chi connectivity index (χ1) is 14.7. The molecule has 162 valence electrons. The fourth-order valence-corrected chi connectivity index (χ4v) is 4.72. The third-order valence-corrected chi connectivity index (χ3v) is 6.32. The predicted molar refractivity (Wildman–Crippen MR) is 115 cm³/mol. The molecule has 0 N–H and O–H groups in total. The minimum Gasteiger partial charge on any atom is -0.493 e. The molecule has 0 spiro atoms. The zero-order valence-corrected chi connectivity index (χ0v) is 18.0. The van der Waals surface area contributed by atoms with E-state index in [1.165, 1.54) is 12.8 Å². The average molecular weight is 413 g/mol. The summed E-state index contributed by atoms with van der Waals surface area (Å²) in [7, 11) is 3.34. The van der Waals surface area contributed by atoms with Crippen molar-refractivity contribution in [2.24, 2.45) is 0 Å². The van der Waals surface area contributed by atoms with Crippen LogP contribution in [0.5, 0.6) is 11.5 Å². The van der Waals surface area contributed by atoms with E-state index in [-0.39, 0.29) is 6.04 Å². The predicted octanol–water partition coefficient (Wildman–Crippen LogP) is 2.70. The minimum atomic E-state index is -0.0220. The third-order valence-electron chi connectivity index (χ3n) is 6.32. The second-order valence-electron chi connectivity index (χ2n) is 8.06. The van der Waals surface area contributed by atoms with E-state index in [0.717, 1.165) is 68.5 Å². The van der Waals surface area contributed by atoms with Crippen molar-refractivity contribution in [2.75, 3.05) is 46.9 Å². The molecule has 0 bridgehead atoms. The van der Waals surface area contributed by atoms with Gasteiger partial charge in [-0.2, -0.15) is 0 Å². The minimum absolute atomic E-state index is 0.0220. The molecule has 0 radical (unpaired) electrons. The molecule has 0 unspecified atom stereocenters. The number of hydrogen-bond acceptors (Lipinski definition) is 7. The van der Waals surface area contributed by atoms with Crippen LogP contribution in [0.2, 0.25) is 0 Å². The van der Waals surface area contributed by atoms with Crippen LogP contribution in [0.4, 0.5) is 0 Å². The number of hydrogen-bond donors (Lipinski definition) is 0. The monoisotopic (exact) mass is 412 g/mol. The molecule has 1 saturated heterocycles. The fourth-order valence-electron chi connectivity index (χ4n) is 4.72. The number of methoxy groups -OCH3 is 2. The van der Waals surface area contributed by atoms with Gasteiger partial charge in [-0.1, -0.05) is 25.0 Å². The number of ether oxygens (including phenoxy) is 2. The van der Waals surface area contributed by atoms with E-state index in [2.05, 4.69) is 48.7 Å². The molecule has 1 atom stereocenters. The Morgan fingerprint density at radius 3 is 2.50 bits per heavy atom. The first-order valence-electron chi connectivity index (χ1n) is 10.8. The number of nitrogens with zero attached hydrogens (tertiary/aromatic N) is 6. The standard InChI is InChI=1S/C22H32N6O2/c1-4-11-26-12-14-27(15-13-26)21(17-9-10-19(29-2)20(16-17)30-3)22-23-24-25-28(22)18-7-5-6-8-18/h4,9-10,16,18,21H,1,5-8,11-15H2,2-3H3/t21-/m0/s1. The normalized spacial score (nSPS) is 19.7. The lowest BCUT2D eigenvalue weighted by molar-refractivity contribution is 0.111. The summed E-state index contributed by atoms with van der Waals surface area (Å²) >= 11 is 0. The highest BCUT2D eigenvalue weighted by molar-refractivity contribution is 5.45. The summed E-state index contributed by atoms with van der Waals surface area (Å²) in [5, 5.41) is 13.0. The molecule has 1 saturated carbocycles. The Balaban J connectivity index is 1.69. The summed E-state index contributed by atoms with van der Waals surface area (Å²) in [6, 6.07) is 6.51. The van der Waals surface area contributed by atoms with E-state index in [1.807, 2.05) is 12.1 Å². The Hall–Kier alpha value is -2.45. The largest absolute Gasteiger partial charge is 0.493 e. The zero-order valence-electron chi connectivity index (χ0n) is 18.0. The van der Waals surface area contributed by atoms with Gasteiger partial charge in [-0.25, -0.2) is 4.68 Å². The van der Waals surface area contributed by atoms with Crippen LogP contribution in [0.3, 0.4) is 0 Å². The third kappa shape index (κ3) is 4.20. The molecule has 1 aliphatic heterocycles. The average Bonchev–Trinajstić information content (AvgIpc) is 3.47. The summed E-state index contributed by atoms with van der Waals surface area (Å²) in [6.07, 6.45) is 6.74. The molecule has 2 heterocycles. The molecule has 1 aliphatic carbocycles. The summed E-state index contributed by atoms with van der Waals surface area (Å²) in [5.74, 6) is 2.38. The van der Waals surface area contributed by atoms with Crippen LogP contribution < -0.4 is 9.47 Å². The number of aromatic nitrogens is 4. The van der Waals surface area contributed by atoms with Crippen molar-refractivity contribution < 1.29 is 9.47 Å². The highest BCUT2D eigenvalue weighted by Gasteiger charge is 2.33. The Kier molecular flexibility index (Phi) is 6.64. The van der Waals surface area contributed by atoms with Gasteiger partial charge in [0, 0.05) is 32.7 Å². The van der Waals surface area contributed by atoms with Gasteiger partial charge in [-0.3, -0.25) is 9.80 Å². The number of rotatable bonds is 8. The molecule has 8 heteroatoms. The van der Waals surface area contributed by atoms with Crippen molar-refractivity contribution in [1.29, 1.82) is 0 Å². The lowest BCUT2D eigenvalue weighted by Gasteiger charge is -2.39. The zero-order chi connectivity index (χ0) is 20.9. The van der Waals surface area contributed by atoms with E-state index >= 15 is 0 Å². The fraction of sp³-hybridized carbons (Fsp3) is 0.591. The Morgan fingerprint density at radius 2 is 1.83 bits per heavy atom. The van der Waals surface area contributed by atoms with Crippen molar-refractivity contribution in [3.05, 3.63) is 42.2 Å². The molecular formula is C22H32N6O2. The van der Waals surface area contributed by atoms with E-state index in [4.69, 9.17) is 9.47 Å². The van der Waals surface area contributed by atoms with Crippen molar-refractivity contribution in [2.45, 2.75) is 37.8 Å². The van der Waals surface area contributed by atoms with Crippen LogP contribution in [-0.4, -0.2) is 77.0 Å². The molecule has 0 amide bonds. The van der Waals surface area contributed by atoms with Crippen LogP contribution in [0, 0.1) is 0 Å². The molecular weight excluding hydrogens is 380 g/mol. The summed E-state index contributed by atoms with van der Waals surface area (Å²) in [5.41, 5.74) is 1.12. The summed E-state index contributed by atoms with van der Waals surface area (Å²) < 4.78 is 13.1. The van der Waals surface area contributed by atoms with Gasteiger partial charge >= 0.3 is 0 Å². The molecule has 2 fully saturated rings. The second-order valence-corrected chi connectivity index (χ2v) is 8.06. The first kappa shape index (κ1) is 20.8. The first-order valence-corrected chi connectivity index (χ1v) is 10.8. The Labute approximate surface area is 178 Å². The van der Waals surface area contributed by atoms with Gasteiger partial charge in [-0.05, 0) is 41.0 Å². The molecule has 8 nitrogen and oxygen atoms in total. The van der Waals surface area contributed by atoms with E-state index in [0.29, 0.717) is 6.04 Å². The van der Waals surface area contributed by atoms with E-state index in [9.17, 15) is 0 Å². The number of benzene rings is 1. The molecule has 2 aromatic rings. The van der Waals surface area contributed by atoms with Crippen molar-refractivity contribution in [3.63, 3.8) is 0 Å². The second kappa shape index (κ2) is 9.57. The summed E-state index contributed by atoms with van der Waals surface area (Å²) in [6.45, 7) is 8.70. The summed E-state index contributed by atoms with van der Waals surface area (Å²) in [4.78, 5) is 4.91. The van der Waals surface area contributed by atoms with Gasteiger partial charge < -0.3 is 9.47 Å². The van der Waals surface area contributed by atoms with Gasteiger partial charge in [0.05, 0.1) is 26.3 Å². The highest BCUT2D eigenvalue weighted by atomic mass is 16.5. The molecule has 1 aromatic heterocycles. The quantitative estimate of drug-likeness (QED) is 0.618. The van der Waals surface area contributed by atoms with Crippen molar-refractivity contribution in [3.8, 4) is 11.5 Å². The smallest absolute Gasteiger partial charge is 0.173 e. The van der Waals surface area contributed by atoms with Crippen LogP contribution in [0.15, 0.2) is 30.9 Å². The van der Waals surface area contributed by atoms with Crippen LogP contribution in [0.25, 0.3) is 0 Å². The van der Waals surface area contributed by atoms with E-state index < -0.39 is 0 Å². The van der Waals surface area contributed by atoms with Crippen molar-refractivity contribution in [1.82, 2.24) is 30.0 Å². The Morgan fingerprint density at radius 1 is 1.10 bits per heavy atom. The van der Waals surface area contributed by atoms with Crippen LogP contribution in [0.1, 0.15) is 49.2 Å². The molecule has 30 heavy (non-hydrogen) atoms. The van der Waals surface area contributed by atoms with Crippen LogP contribution in [-0.2, 0) is 0 Å². The van der Waals surface area contributed by atoms with Crippen LogP contribution >= 0.6 is 0 Å². The van der Waals surface area contributed by atoms with Crippen molar-refractivity contribution >= 4 is 0 Å². The van der Waals surface area contributed by atoms with Gasteiger partial charge in [0.1, 0.15) is 0 Å². The molecule has 2 aliphatic rings. The maximum atomic E-state index is 5.59. The lowest BCUT2D eigenvalue weighted by atomic mass is 10.0. The van der Waals surface area contributed by atoms with Gasteiger partial charge in [-0.15, -0.1) is 11.7 Å². The maximum absolute atomic E-state index is 5.59.